The van der Waals surface area contributed by atoms with Crippen molar-refractivity contribution in [3.05, 3.63) is 12.2 Å². The van der Waals surface area contributed by atoms with E-state index in [9.17, 15) is 0 Å². The first-order valence-electron chi connectivity index (χ1n) is 5.67. The van der Waals surface area contributed by atoms with E-state index in [2.05, 4.69) is 12.2 Å². The first-order valence-corrected chi connectivity index (χ1v) is 5.67. The standard InChI is InChI=1S/C12H20O/c13-9-8-11-6-3-5-10-4-1-2-7-12(10)11/h1-2,10-13H,3-9H2. The molecule has 1 nitrogen and oxygen atoms in total. The number of hydrogen-bond acceptors (Lipinski definition) is 1. The molecule has 0 aromatic carbocycles. The fourth-order valence-electron chi connectivity index (χ4n) is 3.18. The highest BCUT2D eigenvalue weighted by atomic mass is 16.3. The Kier molecular flexibility index (Phi) is 3.05. The van der Waals surface area contributed by atoms with Gasteiger partial charge in [-0.15, -0.1) is 0 Å². The Hall–Kier alpha value is -0.300. The molecule has 13 heavy (non-hydrogen) atoms. The lowest BCUT2D eigenvalue weighted by atomic mass is 9.66. The predicted molar refractivity (Wildman–Crippen MR) is 54.4 cm³/mol. The van der Waals surface area contributed by atoms with Gasteiger partial charge in [-0.05, 0) is 43.4 Å². The highest BCUT2D eigenvalue weighted by Crippen LogP contribution is 2.42. The quantitative estimate of drug-likeness (QED) is 0.648. The van der Waals surface area contributed by atoms with Crippen LogP contribution in [0.1, 0.15) is 38.5 Å². The summed E-state index contributed by atoms with van der Waals surface area (Å²) in [5.74, 6) is 2.65. The van der Waals surface area contributed by atoms with Gasteiger partial charge >= 0.3 is 0 Å². The minimum absolute atomic E-state index is 0.387. The zero-order chi connectivity index (χ0) is 9.10. The van der Waals surface area contributed by atoms with E-state index in [0.29, 0.717) is 6.61 Å². The summed E-state index contributed by atoms with van der Waals surface area (Å²) in [7, 11) is 0. The Balaban J connectivity index is 1.99. The van der Waals surface area contributed by atoms with Gasteiger partial charge in [0.2, 0.25) is 0 Å². The molecule has 0 radical (unpaired) electrons. The minimum Gasteiger partial charge on any atom is -0.396 e. The van der Waals surface area contributed by atoms with Gasteiger partial charge < -0.3 is 5.11 Å². The van der Waals surface area contributed by atoms with Crippen molar-refractivity contribution in [2.24, 2.45) is 17.8 Å². The van der Waals surface area contributed by atoms with E-state index in [1.54, 1.807) is 0 Å². The van der Waals surface area contributed by atoms with Crippen LogP contribution in [0, 0.1) is 17.8 Å². The summed E-state index contributed by atoms with van der Waals surface area (Å²) in [6.07, 6.45) is 12.5. The lowest BCUT2D eigenvalue weighted by Crippen LogP contribution is -2.29. The second kappa shape index (κ2) is 4.28. The van der Waals surface area contributed by atoms with Crippen LogP contribution in [0.25, 0.3) is 0 Å². The molecule has 0 amide bonds. The molecule has 2 rings (SSSR count). The van der Waals surface area contributed by atoms with E-state index in [0.717, 1.165) is 24.2 Å². The van der Waals surface area contributed by atoms with Crippen molar-refractivity contribution in [1.82, 2.24) is 0 Å². The van der Waals surface area contributed by atoms with Crippen LogP contribution in [0.15, 0.2) is 12.2 Å². The third-order valence-electron chi connectivity index (χ3n) is 3.87. The molecule has 1 fully saturated rings. The molecule has 0 aliphatic heterocycles. The van der Waals surface area contributed by atoms with Crippen molar-refractivity contribution in [3.8, 4) is 0 Å². The van der Waals surface area contributed by atoms with Gasteiger partial charge in [0.1, 0.15) is 0 Å². The van der Waals surface area contributed by atoms with Gasteiger partial charge in [0.05, 0.1) is 0 Å². The number of hydrogen-bond donors (Lipinski definition) is 1. The lowest BCUT2D eigenvalue weighted by molar-refractivity contribution is 0.118. The predicted octanol–water partition coefficient (Wildman–Crippen LogP) is 2.75. The molecule has 1 saturated carbocycles. The number of aliphatic hydroxyl groups is 1. The summed E-state index contributed by atoms with van der Waals surface area (Å²) in [6.45, 7) is 0.387. The number of aliphatic hydroxyl groups excluding tert-OH is 1. The lowest BCUT2D eigenvalue weighted by Gasteiger charge is -2.39. The molecule has 0 heterocycles. The van der Waals surface area contributed by atoms with Gasteiger partial charge in [-0.1, -0.05) is 25.0 Å². The Morgan fingerprint density at radius 2 is 2.00 bits per heavy atom. The Morgan fingerprint density at radius 1 is 1.15 bits per heavy atom. The van der Waals surface area contributed by atoms with Crippen LogP contribution >= 0.6 is 0 Å². The zero-order valence-corrected chi connectivity index (χ0v) is 8.28. The smallest absolute Gasteiger partial charge is 0.0433 e. The summed E-state index contributed by atoms with van der Waals surface area (Å²) in [4.78, 5) is 0. The Morgan fingerprint density at radius 3 is 2.85 bits per heavy atom. The van der Waals surface area contributed by atoms with Crippen molar-refractivity contribution < 1.29 is 5.11 Å². The van der Waals surface area contributed by atoms with Crippen LogP contribution in [0.5, 0.6) is 0 Å². The van der Waals surface area contributed by atoms with E-state index >= 15 is 0 Å². The number of fused-ring (bicyclic) bond motifs is 1. The fraction of sp³-hybridized carbons (Fsp3) is 0.833. The van der Waals surface area contributed by atoms with Crippen molar-refractivity contribution in [3.63, 3.8) is 0 Å². The average molecular weight is 180 g/mol. The van der Waals surface area contributed by atoms with E-state index in [1.807, 2.05) is 0 Å². The zero-order valence-electron chi connectivity index (χ0n) is 8.28. The van der Waals surface area contributed by atoms with Crippen LogP contribution in [0.2, 0.25) is 0 Å². The normalized spacial score (nSPS) is 38.7. The number of rotatable bonds is 2. The summed E-state index contributed by atoms with van der Waals surface area (Å²) in [5.41, 5.74) is 0. The van der Waals surface area contributed by atoms with Gasteiger partial charge in [-0.3, -0.25) is 0 Å². The van der Waals surface area contributed by atoms with Gasteiger partial charge in [0.15, 0.2) is 0 Å². The van der Waals surface area contributed by atoms with Crippen LogP contribution in [0.4, 0.5) is 0 Å². The van der Waals surface area contributed by atoms with Gasteiger partial charge in [-0.2, -0.15) is 0 Å². The van der Waals surface area contributed by atoms with Crippen LogP contribution in [-0.4, -0.2) is 11.7 Å². The maximum absolute atomic E-state index is 8.99. The topological polar surface area (TPSA) is 20.2 Å². The van der Waals surface area contributed by atoms with Gasteiger partial charge in [0.25, 0.3) is 0 Å². The minimum atomic E-state index is 0.387. The van der Waals surface area contributed by atoms with E-state index in [-0.39, 0.29) is 0 Å². The van der Waals surface area contributed by atoms with Crippen LogP contribution < -0.4 is 0 Å². The molecule has 0 aromatic rings. The average Bonchev–Trinajstić information content (AvgIpc) is 2.19. The first kappa shape index (κ1) is 9.26. The summed E-state index contributed by atoms with van der Waals surface area (Å²) in [5, 5.41) is 8.99. The first-order chi connectivity index (χ1) is 6.42. The van der Waals surface area contributed by atoms with Gasteiger partial charge in [-0.25, -0.2) is 0 Å². The third-order valence-corrected chi connectivity index (χ3v) is 3.87. The molecule has 0 spiro atoms. The largest absolute Gasteiger partial charge is 0.396 e. The fourth-order valence-corrected chi connectivity index (χ4v) is 3.18. The summed E-state index contributed by atoms with van der Waals surface area (Å²) < 4.78 is 0. The van der Waals surface area contributed by atoms with Crippen molar-refractivity contribution in [2.45, 2.75) is 38.5 Å². The molecule has 1 N–H and O–H groups in total. The molecule has 3 unspecified atom stereocenters. The Bertz CT molecular complexity index is 184. The molecule has 3 atom stereocenters. The second-order valence-electron chi connectivity index (χ2n) is 4.57. The van der Waals surface area contributed by atoms with Crippen LogP contribution in [0.3, 0.4) is 0 Å². The maximum Gasteiger partial charge on any atom is 0.0433 e. The Labute approximate surface area is 80.8 Å². The molecule has 2 aliphatic rings. The SMILES string of the molecule is OCCC1CCCC2CC=CCC21. The molecular formula is C12H20O. The highest BCUT2D eigenvalue weighted by Gasteiger charge is 2.32. The summed E-state index contributed by atoms with van der Waals surface area (Å²) >= 11 is 0. The third kappa shape index (κ3) is 1.96. The summed E-state index contributed by atoms with van der Waals surface area (Å²) in [6, 6.07) is 0. The second-order valence-corrected chi connectivity index (χ2v) is 4.57. The van der Waals surface area contributed by atoms with Crippen molar-refractivity contribution in [1.29, 1.82) is 0 Å². The van der Waals surface area contributed by atoms with E-state index in [4.69, 9.17) is 5.11 Å². The molecule has 1 heteroatoms. The van der Waals surface area contributed by atoms with Crippen LogP contribution in [-0.2, 0) is 0 Å². The van der Waals surface area contributed by atoms with Crippen molar-refractivity contribution in [2.75, 3.05) is 6.61 Å². The monoisotopic (exact) mass is 180 g/mol. The van der Waals surface area contributed by atoms with Crippen molar-refractivity contribution >= 4 is 0 Å². The van der Waals surface area contributed by atoms with E-state index in [1.165, 1.54) is 32.1 Å². The molecular weight excluding hydrogens is 160 g/mol. The van der Waals surface area contributed by atoms with Gasteiger partial charge in [0, 0.05) is 6.61 Å². The maximum atomic E-state index is 8.99. The van der Waals surface area contributed by atoms with E-state index < -0.39 is 0 Å². The highest BCUT2D eigenvalue weighted by molar-refractivity contribution is 4.98. The molecule has 0 aromatic heterocycles. The molecule has 74 valence electrons. The molecule has 0 saturated heterocycles. The molecule has 2 aliphatic carbocycles. The molecule has 0 bridgehead atoms. The number of allylic oxidation sites excluding steroid dienone is 2.